The van der Waals surface area contributed by atoms with Crippen molar-refractivity contribution in [2.24, 2.45) is 0 Å². The summed E-state index contributed by atoms with van der Waals surface area (Å²) in [5.41, 5.74) is 12.2. The van der Waals surface area contributed by atoms with Gasteiger partial charge in [-0.3, -0.25) is 9.67 Å². The fraction of sp³-hybridized carbons (Fsp3) is 0.0833. The highest BCUT2D eigenvalue weighted by Crippen LogP contribution is 2.38. The lowest BCUT2D eigenvalue weighted by molar-refractivity contribution is 0.679. The van der Waals surface area contributed by atoms with E-state index in [0.29, 0.717) is 35.0 Å². The van der Waals surface area contributed by atoms with Gasteiger partial charge in [0.25, 0.3) is 0 Å². The van der Waals surface area contributed by atoms with E-state index in [2.05, 4.69) is 19.8 Å². The minimum atomic E-state index is 0.365. The maximum Gasteiger partial charge on any atom is 0.187 e. The average Bonchev–Trinajstić information content (AvgIpc) is 3.23. The van der Waals surface area contributed by atoms with Crippen LogP contribution in [0.3, 0.4) is 0 Å². The smallest absolute Gasteiger partial charge is 0.187 e. The lowest BCUT2D eigenvalue weighted by Gasteiger charge is -2.11. The SMILES string of the molecule is [C-]#[N+]c1cccc(-c2nc(N)c3cn(Cc4cccc(C)n4)nc3c2-c2ccncn2)c1. The molecule has 5 aromatic rings. The number of pyridine rings is 2. The molecule has 5 rings (SSSR count). The van der Waals surface area contributed by atoms with Crippen LogP contribution in [0.15, 0.2) is 67.3 Å². The Labute approximate surface area is 184 Å². The van der Waals surface area contributed by atoms with E-state index in [0.717, 1.165) is 27.9 Å². The van der Waals surface area contributed by atoms with Crippen LogP contribution in [0.1, 0.15) is 11.4 Å². The number of fused-ring (bicyclic) bond motifs is 1. The molecule has 8 nitrogen and oxygen atoms in total. The van der Waals surface area contributed by atoms with E-state index in [9.17, 15) is 0 Å². The number of rotatable bonds is 4. The molecule has 1 aromatic carbocycles. The number of nitrogens with zero attached hydrogens (tertiary/aromatic N) is 7. The zero-order chi connectivity index (χ0) is 22.1. The van der Waals surface area contributed by atoms with Gasteiger partial charge in [-0.15, -0.1) is 0 Å². The van der Waals surface area contributed by atoms with Crippen LogP contribution in [-0.2, 0) is 6.54 Å². The summed E-state index contributed by atoms with van der Waals surface area (Å²) in [4.78, 5) is 21.3. The first-order valence-corrected chi connectivity index (χ1v) is 9.96. The monoisotopic (exact) mass is 418 g/mol. The van der Waals surface area contributed by atoms with Crippen LogP contribution < -0.4 is 5.73 Å². The number of anilines is 1. The topological polar surface area (TPSA) is 99.8 Å². The van der Waals surface area contributed by atoms with Crippen LogP contribution in [0.2, 0.25) is 0 Å². The Morgan fingerprint density at radius 3 is 2.75 bits per heavy atom. The average molecular weight is 418 g/mol. The number of benzene rings is 1. The quantitative estimate of drug-likeness (QED) is 0.433. The number of nitrogens with two attached hydrogens (primary N) is 1. The predicted octanol–water partition coefficient (Wildman–Crippen LogP) is 4.44. The number of hydrogen-bond donors (Lipinski definition) is 1. The van der Waals surface area contributed by atoms with Crippen LogP contribution in [0.25, 0.3) is 38.3 Å². The molecule has 0 saturated heterocycles. The van der Waals surface area contributed by atoms with Gasteiger partial charge in [-0.25, -0.2) is 19.8 Å². The van der Waals surface area contributed by atoms with Crippen molar-refractivity contribution in [1.82, 2.24) is 29.7 Å². The van der Waals surface area contributed by atoms with Gasteiger partial charge in [0.15, 0.2) is 5.69 Å². The number of aryl methyl sites for hydroxylation is 1. The number of aromatic nitrogens is 6. The second-order valence-corrected chi connectivity index (χ2v) is 7.34. The zero-order valence-electron chi connectivity index (χ0n) is 17.3. The molecule has 2 N–H and O–H groups in total. The summed E-state index contributed by atoms with van der Waals surface area (Å²) in [5, 5.41) is 5.57. The molecule has 0 atom stereocenters. The van der Waals surface area contributed by atoms with Crippen molar-refractivity contribution in [2.75, 3.05) is 5.73 Å². The fourth-order valence-corrected chi connectivity index (χ4v) is 3.69. The first-order valence-electron chi connectivity index (χ1n) is 9.96. The van der Waals surface area contributed by atoms with Crippen molar-refractivity contribution in [3.05, 3.63) is 90.1 Å². The largest absolute Gasteiger partial charge is 0.383 e. The molecule has 0 bridgehead atoms. The van der Waals surface area contributed by atoms with E-state index < -0.39 is 0 Å². The summed E-state index contributed by atoms with van der Waals surface area (Å²) < 4.78 is 1.81. The molecule has 0 aliphatic heterocycles. The summed E-state index contributed by atoms with van der Waals surface area (Å²) in [6, 6.07) is 15.0. The van der Waals surface area contributed by atoms with Gasteiger partial charge < -0.3 is 5.73 Å². The summed E-state index contributed by atoms with van der Waals surface area (Å²) in [6.07, 6.45) is 5.05. The van der Waals surface area contributed by atoms with Crippen molar-refractivity contribution in [3.63, 3.8) is 0 Å². The van der Waals surface area contributed by atoms with E-state index >= 15 is 0 Å². The maximum atomic E-state index is 7.36. The number of hydrogen-bond acceptors (Lipinski definition) is 6. The Bertz CT molecular complexity index is 1480. The van der Waals surface area contributed by atoms with Gasteiger partial charge in [0.05, 0.1) is 41.1 Å². The molecule has 0 aliphatic rings. The molecule has 0 aliphatic carbocycles. The second kappa shape index (κ2) is 7.89. The van der Waals surface area contributed by atoms with E-state index in [1.165, 1.54) is 6.33 Å². The molecule has 32 heavy (non-hydrogen) atoms. The van der Waals surface area contributed by atoms with E-state index in [4.69, 9.17) is 22.4 Å². The van der Waals surface area contributed by atoms with Crippen LogP contribution in [0, 0.1) is 13.5 Å². The normalized spacial score (nSPS) is 10.9. The third kappa shape index (κ3) is 3.52. The summed E-state index contributed by atoms with van der Waals surface area (Å²) in [7, 11) is 0. The minimum Gasteiger partial charge on any atom is -0.383 e. The molecule has 0 radical (unpaired) electrons. The van der Waals surface area contributed by atoms with E-state index in [-0.39, 0.29) is 0 Å². The first-order chi connectivity index (χ1) is 15.6. The Kier molecular flexibility index (Phi) is 4.76. The summed E-state index contributed by atoms with van der Waals surface area (Å²) >= 11 is 0. The molecule has 0 saturated carbocycles. The van der Waals surface area contributed by atoms with Crippen LogP contribution >= 0.6 is 0 Å². The van der Waals surface area contributed by atoms with Crippen LogP contribution in [-0.4, -0.2) is 29.7 Å². The third-order valence-corrected chi connectivity index (χ3v) is 5.10. The molecule has 8 heteroatoms. The maximum absolute atomic E-state index is 7.36. The van der Waals surface area contributed by atoms with Gasteiger partial charge in [-0.2, -0.15) is 5.10 Å². The Hall–Kier alpha value is -4.64. The highest BCUT2D eigenvalue weighted by molar-refractivity contribution is 6.03. The van der Waals surface area contributed by atoms with Crippen LogP contribution in [0.4, 0.5) is 11.5 Å². The summed E-state index contributed by atoms with van der Waals surface area (Å²) in [5.74, 6) is 0.365. The van der Waals surface area contributed by atoms with Crippen LogP contribution in [0.5, 0.6) is 0 Å². The predicted molar refractivity (Wildman–Crippen MR) is 123 cm³/mol. The lowest BCUT2D eigenvalue weighted by atomic mass is 10.0. The van der Waals surface area contributed by atoms with Crippen molar-refractivity contribution in [2.45, 2.75) is 13.5 Å². The van der Waals surface area contributed by atoms with E-state index in [1.54, 1.807) is 18.3 Å². The Morgan fingerprint density at radius 1 is 1.09 bits per heavy atom. The molecule has 0 unspecified atom stereocenters. The van der Waals surface area contributed by atoms with Crippen molar-refractivity contribution in [1.29, 1.82) is 0 Å². The first kappa shape index (κ1) is 19.3. The molecule has 0 amide bonds. The van der Waals surface area contributed by atoms with Gasteiger partial charge in [-0.05, 0) is 36.8 Å². The van der Waals surface area contributed by atoms with Gasteiger partial charge >= 0.3 is 0 Å². The molecule has 0 spiro atoms. The van der Waals surface area contributed by atoms with Crippen molar-refractivity contribution < 1.29 is 0 Å². The van der Waals surface area contributed by atoms with Crippen molar-refractivity contribution in [3.8, 4) is 22.5 Å². The van der Waals surface area contributed by atoms with E-state index in [1.807, 2.05) is 54.2 Å². The molecule has 4 aromatic heterocycles. The Balaban J connectivity index is 1.74. The third-order valence-electron chi connectivity index (χ3n) is 5.10. The highest BCUT2D eigenvalue weighted by Gasteiger charge is 2.20. The molecule has 4 heterocycles. The standard InChI is InChI=1S/C24H18N8/c1-15-5-3-8-18(29-15)12-32-13-19-23(31-32)21(20-9-10-27-14-28-20)22(30-24(19)25)16-6-4-7-17(11-16)26-2/h3-11,13-14H,12H2,1H3,(H2,25,30). The molecule has 154 valence electrons. The Morgan fingerprint density at radius 2 is 1.97 bits per heavy atom. The fourth-order valence-electron chi connectivity index (χ4n) is 3.69. The van der Waals surface area contributed by atoms with Gasteiger partial charge in [0, 0.05) is 18.1 Å². The summed E-state index contributed by atoms with van der Waals surface area (Å²) in [6.45, 7) is 9.82. The van der Waals surface area contributed by atoms with Gasteiger partial charge in [0.2, 0.25) is 0 Å². The lowest BCUT2D eigenvalue weighted by Crippen LogP contribution is -2.03. The number of nitrogen functional groups attached to an aromatic ring is 1. The minimum absolute atomic E-state index is 0.365. The van der Waals surface area contributed by atoms with Gasteiger partial charge in [-0.1, -0.05) is 24.3 Å². The second-order valence-electron chi connectivity index (χ2n) is 7.34. The molecular weight excluding hydrogens is 400 g/mol. The highest BCUT2D eigenvalue weighted by atomic mass is 15.3. The zero-order valence-corrected chi connectivity index (χ0v) is 17.3. The molecular formula is C24H18N8. The van der Waals surface area contributed by atoms with Gasteiger partial charge in [0.1, 0.15) is 17.7 Å². The molecule has 0 fully saturated rings. The van der Waals surface area contributed by atoms with Crippen molar-refractivity contribution >= 4 is 22.4 Å².